The summed E-state index contributed by atoms with van der Waals surface area (Å²) in [6.07, 6.45) is 1.55. The summed E-state index contributed by atoms with van der Waals surface area (Å²) < 4.78 is 0. The maximum atomic E-state index is 11.9. The Kier molecular flexibility index (Phi) is 10.9. The van der Waals surface area contributed by atoms with Crippen molar-refractivity contribution in [2.24, 2.45) is 5.73 Å². The van der Waals surface area contributed by atoms with Gasteiger partial charge in [-0.25, -0.2) is 0 Å². The SMILES string of the molecule is CCCC(N)C(=O)Nc1cc(Cl)ccc1N(C)C.Cl.Cl. The maximum Gasteiger partial charge on any atom is 0.241 e. The molecule has 1 aromatic rings. The van der Waals surface area contributed by atoms with Crippen LogP contribution in [0.15, 0.2) is 18.2 Å². The number of hydrogen-bond donors (Lipinski definition) is 2. The summed E-state index contributed by atoms with van der Waals surface area (Å²) >= 11 is 5.94. The van der Waals surface area contributed by atoms with Crippen LogP contribution >= 0.6 is 36.4 Å². The fraction of sp³-hybridized carbons (Fsp3) is 0.462. The Hall–Kier alpha value is -0.680. The molecular weight excluding hydrogens is 321 g/mol. The van der Waals surface area contributed by atoms with Crippen LogP contribution in [0, 0.1) is 0 Å². The van der Waals surface area contributed by atoms with Gasteiger partial charge in [0.25, 0.3) is 0 Å². The van der Waals surface area contributed by atoms with Crippen LogP contribution in [0.3, 0.4) is 0 Å². The molecule has 0 bridgehead atoms. The first-order valence-corrected chi connectivity index (χ1v) is 6.36. The van der Waals surface area contributed by atoms with Crippen LogP contribution < -0.4 is 16.0 Å². The van der Waals surface area contributed by atoms with E-state index < -0.39 is 6.04 Å². The molecule has 1 atom stereocenters. The number of amides is 1. The third-order valence-corrected chi connectivity index (χ3v) is 2.87. The minimum atomic E-state index is -0.482. The van der Waals surface area contributed by atoms with Crippen molar-refractivity contribution in [2.75, 3.05) is 24.3 Å². The van der Waals surface area contributed by atoms with E-state index in [-0.39, 0.29) is 30.7 Å². The van der Waals surface area contributed by atoms with Gasteiger partial charge in [0.15, 0.2) is 0 Å². The van der Waals surface area contributed by atoms with Gasteiger partial charge in [-0.05, 0) is 24.6 Å². The Labute approximate surface area is 137 Å². The number of halogens is 3. The molecule has 1 aromatic carbocycles. The minimum absolute atomic E-state index is 0. The largest absolute Gasteiger partial charge is 0.376 e. The predicted octanol–water partition coefficient (Wildman–Crippen LogP) is 3.32. The fourth-order valence-corrected chi connectivity index (χ4v) is 1.84. The number of anilines is 2. The van der Waals surface area contributed by atoms with Gasteiger partial charge in [0.05, 0.1) is 17.4 Å². The lowest BCUT2D eigenvalue weighted by Gasteiger charge is -2.19. The number of nitrogens with one attached hydrogen (secondary N) is 1. The van der Waals surface area contributed by atoms with Crippen LogP contribution in [0.25, 0.3) is 0 Å². The molecule has 0 radical (unpaired) electrons. The molecular formula is C13H22Cl3N3O. The normalized spacial score (nSPS) is 10.8. The Morgan fingerprint density at radius 2 is 2.00 bits per heavy atom. The summed E-state index contributed by atoms with van der Waals surface area (Å²) in [5.41, 5.74) is 7.36. The highest BCUT2D eigenvalue weighted by molar-refractivity contribution is 6.31. The van der Waals surface area contributed by atoms with Crippen LogP contribution in [0.1, 0.15) is 19.8 Å². The number of nitrogens with two attached hydrogens (primary N) is 1. The zero-order valence-corrected chi connectivity index (χ0v) is 14.2. The quantitative estimate of drug-likeness (QED) is 0.863. The van der Waals surface area contributed by atoms with E-state index in [1.807, 2.05) is 32.0 Å². The average molecular weight is 343 g/mol. The van der Waals surface area contributed by atoms with Gasteiger partial charge in [-0.1, -0.05) is 24.9 Å². The van der Waals surface area contributed by atoms with Crippen molar-refractivity contribution in [3.05, 3.63) is 23.2 Å². The van der Waals surface area contributed by atoms with Gasteiger partial charge < -0.3 is 16.0 Å². The summed E-state index contributed by atoms with van der Waals surface area (Å²) in [6, 6.07) is 4.90. The first-order chi connectivity index (χ1) is 8.45. The van der Waals surface area contributed by atoms with E-state index >= 15 is 0 Å². The van der Waals surface area contributed by atoms with Crippen molar-refractivity contribution >= 4 is 53.7 Å². The summed E-state index contributed by atoms with van der Waals surface area (Å²) in [7, 11) is 3.82. The van der Waals surface area contributed by atoms with E-state index in [0.29, 0.717) is 17.1 Å². The number of carbonyl (C=O) groups is 1. The maximum absolute atomic E-state index is 11.9. The molecule has 1 amide bonds. The second-order valence-electron chi connectivity index (χ2n) is 4.44. The number of carbonyl (C=O) groups excluding carboxylic acids is 1. The standard InChI is InChI=1S/C13H20ClN3O.2ClH/c1-4-5-10(15)13(18)16-11-8-9(14)6-7-12(11)17(2)3;;/h6-8,10H,4-5,15H2,1-3H3,(H,16,18);2*1H. The molecule has 1 unspecified atom stereocenters. The third kappa shape index (κ3) is 6.18. The van der Waals surface area contributed by atoms with Crippen molar-refractivity contribution in [3.8, 4) is 0 Å². The molecule has 4 nitrogen and oxygen atoms in total. The molecule has 0 aliphatic rings. The van der Waals surface area contributed by atoms with Crippen molar-refractivity contribution in [1.29, 1.82) is 0 Å². The number of nitrogens with zero attached hydrogens (tertiary/aromatic N) is 1. The van der Waals surface area contributed by atoms with Gasteiger partial charge in [0.1, 0.15) is 0 Å². The predicted molar refractivity (Wildman–Crippen MR) is 91.8 cm³/mol. The van der Waals surface area contributed by atoms with E-state index in [2.05, 4.69) is 5.32 Å². The van der Waals surface area contributed by atoms with Crippen LogP contribution in [0.4, 0.5) is 11.4 Å². The topological polar surface area (TPSA) is 58.4 Å². The van der Waals surface area contributed by atoms with Crippen molar-refractivity contribution in [2.45, 2.75) is 25.8 Å². The van der Waals surface area contributed by atoms with Gasteiger partial charge in [0, 0.05) is 19.1 Å². The highest BCUT2D eigenvalue weighted by atomic mass is 35.5. The van der Waals surface area contributed by atoms with Gasteiger partial charge in [-0.3, -0.25) is 4.79 Å². The van der Waals surface area contributed by atoms with Crippen molar-refractivity contribution in [3.63, 3.8) is 0 Å². The molecule has 0 aromatic heterocycles. The molecule has 116 valence electrons. The van der Waals surface area contributed by atoms with E-state index in [1.54, 1.807) is 12.1 Å². The molecule has 0 fully saturated rings. The lowest BCUT2D eigenvalue weighted by molar-refractivity contribution is -0.117. The number of benzene rings is 1. The number of hydrogen-bond acceptors (Lipinski definition) is 3. The lowest BCUT2D eigenvalue weighted by atomic mass is 10.1. The van der Waals surface area contributed by atoms with Gasteiger partial charge in [-0.2, -0.15) is 0 Å². The third-order valence-electron chi connectivity index (χ3n) is 2.63. The van der Waals surface area contributed by atoms with Crippen LogP contribution in [-0.4, -0.2) is 26.0 Å². The fourth-order valence-electron chi connectivity index (χ4n) is 1.67. The van der Waals surface area contributed by atoms with E-state index in [9.17, 15) is 4.79 Å². The van der Waals surface area contributed by atoms with Crippen LogP contribution in [0.2, 0.25) is 5.02 Å². The van der Waals surface area contributed by atoms with Crippen LogP contribution in [0.5, 0.6) is 0 Å². The zero-order valence-electron chi connectivity index (χ0n) is 11.9. The van der Waals surface area contributed by atoms with Gasteiger partial charge in [0.2, 0.25) is 5.91 Å². The molecule has 0 aliphatic carbocycles. The zero-order chi connectivity index (χ0) is 13.7. The molecule has 0 spiro atoms. The van der Waals surface area contributed by atoms with E-state index in [4.69, 9.17) is 17.3 Å². The van der Waals surface area contributed by atoms with E-state index in [1.165, 1.54) is 0 Å². The Morgan fingerprint density at radius 3 is 2.50 bits per heavy atom. The Morgan fingerprint density at radius 1 is 1.40 bits per heavy atom. The van der Waals surface area contributed by atoms with Gasteiger partial charge >= 0.3 is 0 Å². The van der Waals surface area contributed by atoms with Crippen LogP contribution in [-0.2, 0) is 4.79 Å². The molecule has 1 rings (SSSR count). The monoisotopic (exact) mass is 341 g/mol. The second kappa shape index (κ2) is 10.1. The molecule has 20 heavy (non-hydrogen) atoms. The minimum Gasteiger partial charge on any atom is -0.376 e. The second-order valence-corrected chi connectivity index (χ2v) is 4.88. The lowest BCUT2D eigenvalue weighted by Crippen LogP contribution is -2.35. The average Bonchev–Trinajstić information content (AvgIpc) is 2.28. The molecule has 0 saturated heterocycles. The summed E-state index contributed by atoms with van der Waals surface area (Å²) in [6.45, 7) is 2.00. The molecule has 0 saturated carbocycles. The molecule has 7 heteroatoms. The molecule has 0 aliphatic heterocycles. The summed E-state index contributed by atoms with van der Waals surface area (Å²) in [5.74, 6) is -0.179. The molecule has 0 heterocycles. The van der Waals surface area contributed by atoms with E-state index in [0.717, 1.165) is 12.1 Å². The first-order valence-electron chi connectivity index (χ1n) is 5.99. The smallest absolute Gasteiger partial charge is 0.241 e. The van der Waals surface area contributed by atoms with Crippen molar-refractivity contribution < 1.29 is 4.79 Å². The molecule has 3 N–H and O–H groups in total. The Bertz CT molecular complexity index is 427. The van der Waals surface area contributed by atoms with Crippen molar-refractivity contribution in [1.82, 2.24) is 0 Å². The highest BCUT2D eigenvalue weighted by Gasteiger charge is 2.15. The number of rotatable bonds is 5. The highest BCUT2D eigenvalue weighted by Crippen LogP contribution is 2.27. The first kappa shape index (κ1) is 21.6. The summed E-state index contributed by atoms with van der Waals surface area (Å²) in [4.78, 5) is 13.8. The van der Waals surface area contributed by atoms with Gasteiger partial charge in [-0.15, -0.1) is 24.8 Å². The Balaban J connectivity index is 0. The summed E-state index contributed by atoms with van der Waals surface area (Å²) in [5, 5.41) is 3.41.